The van der Waals surface area contributed by atoms with E-state index in [0.717, 1.165) is 28.2 Å². The molecule has 0 radical (unpaired) electrons. The number of anilines is 2. The summed E-state index contributed by atoms with van der Waals surface area (Å²) in [4.78, 5) is 32.3. The minimum absolute atomic E-state index is 0.146. The quantitative estimate of drug-likeness (QED) is 0.150. The first kappa shape index (κ1) is 35.7. The fourth-order valence-corrected chi connectivity index (χ4v) is 6.38. The van der Waals surface area contributed by atoms with E-state index in [1.165, 1.54) is 6.33 Å². The van der Waals surface area contributed by atoms with E-state index < -0.39 is 11.4 Å². The van der Waals surface area contributed by atoms with Gasteiger partial charge in [-0.3, -0.25) is 0 Å². The van der Waals surface area contributed by atoms with Crippen LogP contribution in [0.5, 0.6) is 11.5 Å². The van der Waals surface area contributed by atoms with E-state index in [9.17, 15) is 4.79 Å². The zero-order valence-electron chi connectivity index (χ0n) is 29.7. The minimum atomic E-state index is -0.582. The molecule has 266 valence electrons. The van der Waals surface area contributed by atoms with Crippen molar-refractivity contribution in [3.63, 3.8) is 0 Å². The second-order valence-corrected chi connectivity index (χ2v) is 13.9. The molecule has 0 spiro atoms. The van der Waals surface area contributed by atoms with Gasteiger partial charge in [0.25, 0.3) is 0 Å². The molecule has 12 heteroatoms. The number of halogens is 2. The Labute approximate surface area is 302 Å². The van der Waals surface area contributed by atoms with Crippen LogP contribution in [-0.4, -0.2) is 71.9 Å². The van der Waals surface area contributed by atoms with Gasteiger partial charge in [0.1, 0.15) is 40.6 Å². The molecule has 0 aliphatic carbocycles. The Bertz CT molecular complexity index is 1960. The van der Waals surface area contributed by atoms with Crippen LogP contribution in [0.15, 0.2) is 73.1 Å². The molecule has 3 heterocycles. The van der Waals surface area contributed by atoms with Crippen LogP contribution >= 0.6 is 11.6 Å². The molecule has 2 aromatic heterocycles. The first-order chi connectivity index (χ1) is 24.4. The summed E-state index contributed by atoms with van der Waals surface area (Å²) in [6.07, 6.45) is 1.00. The predicted molar refractivity (Wildman–Crippen MR) is 198 cm³/mol. The maximum atomic E-state index is 16.6. The van der Waals surface area contributed by atoms with Gasteiger partial charge in [-0.15, -0.1) is 0 Å². The van der Waals surface area contributed by atoms with E-state index in [1.54, 1.807) is 25.2 Å². The normalized spacial score (nSPS) is 13.3. The Kier molecular flexibility index (Phi) is 10.5. The molecular weight excluding hydrogens is 671 g/mol. The number of ether oxygens (including phenoxy) is 3. The van der Waals surface area contributed by atoms with E-state index >= 15 is 4.39 Å². The van der Waals surface area contributed by atoms with Crippen LogP contribution in [0.3, 0.4) is 0 Å². The third-order valence-electron chi connectivity index (χ3n) is 8.63. The SMILES string of the molecule is COc1ccc(CN(Cc2ccc(OC)cc2)c2cc(C)cc(-c3c(Cl)cc4c(N5CCN(C(=O)OC(C)(C)C)CC5)ncnc4c3F)n2)cc1. The standard InChI is InChI=1S/C39H42ClFN6O4/c1-25-19-32(44-33(20-25)47(22-26-7-11-28(49-5)12-8-26)23-27-9-13-29(50-6)14-10-27)34-31(40)21-30-36(35(34)41)42-24-43-37(30)45-15-17-46(18-16-45)38(48)51-39(2,3)4/h7-14,19-21,24H,15-18,22-23H2,1-6H3. The molecule has 0 N–H and O–H groups in total. The molecule has 10 nitrogen and oxygen atoms in total. The van der Waals surface area contributed by atoms with Gasteiger partial charge in [0.15, 0.2) is 5.82 Å². The van der Waals surface area contributed by atoms with E-state index in [1.807, 2.05) is 93.3 Å². The number of rotatable bonds is 9. The number of hydrogen-bond donors (Lipinski definition) is 0. The molecule has 3 aromatic carbocycles. The molecule has 1 aliphatic heterocycles. The molecule has 1 saturated heterocycles. The van der Waals surface area contributed by atoms with Gasteiger partial charge < -0.3 is 28.9 Å². The van der Waals surface area contributed by atoms with Crippen molar-refractivity contribution < 1.29 is 23.4 Å². The summed E-state index contributed by atoms with van der Waals surface area (Å²) in [6.45, 7) is 10.4. The average Bonchev–Trinajstić information content (AvgIpc) is 3.11. The Balaban J connectivity index is 1.33. The Morgan fingerprint density at radius 3 is 2.02 bits per heavy atom. The summed E-state index contributed by atoms with van der Waals surface area (Å²) in [7, 11) is 3.28. The van der Waals surface area contributed by atoms with Crippen molar-refractivity contribution in [2.75, 3.05) is 50.2 Å². The Hall–Kier alpha value is -5.16. The summed E-state index contributed by atoms with van der Waals surface area (Å²) in [6, 6.07) is 21.3. The van der Waals surface area contributed by atoms with Crippen molar-refractivity contribution in [2.24, 2.45) is 0 Å². The second kappa shape index (κ2) is 15.0. The van der Waals surface area contributed by atoms with Crippen LogP contribution in [0.4, 0.5) is 20.8 Å². The number of fused-ring (bicyclic) bond motifs is 1. The summed E-state index contributed by atoms with van der Waals surface area (Å²) in [5.74, 6) is 2.19. The number of aromatic nitrogens is 3. The largest absolute Gasteiger partial charge is 0.497 e. The number of aryl methyl sites for hydroxylation is 1. The molecule has 0 bridgehead atoms. The van der Waals surface area contributed by atoms with Gasteiger partial charge in [-0.25, -0.2) is 24.1 Å². The van der Waals surface area contributed by atoms with Crippen molar-refractivity contribution in [1.29, 1.82) is 0 Å². The number of nitrogens with zero attached hydrogens (tertiary/aromatic N) is 6. The lowest BCUT2D eigenvalue weighted by Crippen LogP contribution is -2.50. The first-order valence-corrected chi connectivity index (χ1v) is 17.2. The van der Waals surface area contributed by atoms with Gasteiger partial charge in [-0.05, 0) is 86.8 Å². The van der Waals surface area contributed by atoms with E-state index in [2.05, 4.69) is 14.9 Å². The summed E-state index contributed by atoms with van der Waals surface area (Å²) < 4.78 is 32.9. The lowest BCUT2D eigenvalue weighted by atomic mass is 10.0. The smallest absolute Gasteiger partial charge is 0.410 e. The zero-order chi connectivity index (χ0) is 36.3. The van der Waals surface area contributed by atoms with Crippen molar-refractivity contribution >= 4 is 40.2 Å². The highest BCUT2D eigenvalue weighted by Gasteiger charge is 2.28. The fourth-order valence-electron chi connectivity index (χ4n) is 6.09. The molecule has 0 unspecified atom stereocenters. The van der Waals surface area contributed by atoms with E-state index in [0.29, 0.717) is 62.0 Å². The molecular formula is C39H42ClFN6O4. The number of benzene rings is 3. The maximum absolute atomic E-state index is 16.6. The number of hydrogen-bond acceptors (Lipinski definition) is 9. The van der Waals surface area contributed by atoms with Crippen molar-refractivity contribution in [2.45, 2.75) is 46.4 Å². The summed E-state index contributed by atoms with van der Waals surface area (Å²) >= 11 is 6.92. The van der Waals surface area contributed by atoms with Gasteiger partial charge in [-0.1, -0.05) is 35.9 Å². The lowest BCUT2D eigenvalue weighted by molar-refractivity contribution is 0.0240. The highest BCUT2D eigenvalue weighted by atomic mass is 35.5. The number of pyridine rings is 1. The average molecular weight is 713 g/mol. The molecule has 1 fully saturated rings. The predicted octanol–water partition coefficient (Wildman–Crippen LogP) is 8.07. The topological polar surface area (TPSA) is 93.2 Å². The molecule has 51 heavy (non-hydrogen) atoms. The fraction of sp³-hybridized carbons (Fsp3) is 0.333. The number of piperazine rings is 1. The van der Waals surface area contributed by atoms with Crippen molar-refractivity contribution in [1.82, 2.24) is 19.9 Å². The Morgan fingerprint density at radius 1 is 0.882 bits per heavy atom. The molecule has 1 amide bonds. The van der Waals surface area contributed by atoms with Crippen LogP contribution in [-0.2, 0) is 17.8 Å². The van der Waals surface area contributed by atoms with E-state index in [-0.39, 0.29) is 22.2 Å². The zero-order valence-corrected chi connectivity index (χ0v) is 30.5. The molecule has 1 aliphatic rings. The number of methoxy groups -OCH3 is 2. The second-order valence-electron chi connectivity index (χ2n) is 13.5. The van der Waals surface area contributed by atoms with Gasteiger partial charge in [0.2, 0.25) is 0 Å². The number of carbonyl (C=O) groups excluding carboxylic acids is 1. The van der Waals surface area contributed by atoms with Crippen molar-refractivity contribution in [3.8, 4) is 22.8 Å². The third kappa shape index (κ3) is 8.26. The van der Waals surface area contributed by atoms with Crippen LogP contribution in [0.2, 0.25) is 5.02 Å². The number of amides is 1. The molecule has 0 saturated carbocycles. The first-order valence-electron chi connectivity index (χ1n) is 16.8. The Morgan fingerprint density at radius 2 is 1.47 bits per heavy atom. The van der Waals surface area contributed by atoms with Gasteiger partial charge in [-0.2, -0.15) is 0 Å². The van der Waals surface area contributed by atoms with Gasteiger partial charge in [0, 0.05) is 44.7 Å². The number of carbonyl (C=O) groups is 1. The molecule has 6 rings (SSSR count). The maximum Gasteiger partial charge on any atom is 0.410 e. The van der Waals surface area contributed by atoms with Gasteiger partial charge in [0.05, 0.1) is 30.5 Å². The highest BCUT2D eigenvalue weighted by Crippen LogP contribution is 2.38. The monoisotopic (exact) mass is 712 g/mol. The summed E-state index contributed by atoms with van der Waals surface area (Å²) in [5.41, 5.74) is 3.14. The minimum Gasteiger partial charge on any atom is -0.497 e. The molecule has 5 aromatic rings. The summed E-state index contributed by atoms with van der Waals surface area (Å²) in [5, 5.41) is 0.687. The lowest BCUT2D eigenvalue weighted by Gasteiger charge is -2.36. The van der Waals surface area contributed by atoms with Crippen LogP contribution in [0, 0.1) is 12.7 Å². The van der Waals surface area contributed by atoms with Crippen molar-refractivity contribution in [3.05, 3.63) is 101 Å². The van der Waals surface area contributed by atoms with E-state index in [4.69, 9.17) is 30.8 Å². The van der Waals surface area contributed by atoms with Crippen LogP contribution in [0.25, 0.3) is 22.2 Å². The van der Waals surface area contributed by atoms with Gasteiger partial charge >= 0.3 is 6.09 Å². The highest BCUT2D eigenvalue weighted by molar-refractivity contribution is 6.34. The van der Waals surface area contributed by atoms with Crippen LogP contribution < -0.4 is 19.3 Å². The third-order valence-corrected chi connectivity index (χ3v) is 8.93. The van der Waals surface area contributed by atoms with Crippen LogP contribution in [0.1, 0.15) is 37.5 Å². The molecule has 0 atom stereocenters.